The van der Waals surface area contributed by atoms with Crippen LogP contribution < -0.4 is 21.5 Å². The van der Waals surface area contributed by atoms with Crippen molar-refractivity contribution in [2.45, 2.75) is 13.0 Å². The van der Waals surface area contributed by atoms with Gasteiger partial charge in [-0.25, -0.2) is 14.8 Å². The maximum Gasteiger partial charge on any atom is 0.350 e. The predicted octanol–water partition coefficient (Wildman–Crippen LogP) is 2.11. The molecule has 0 aliphatic heterocycles. The predicted molar refractivity (Wildman–Crippen MR) is 132 cm³/mol. The molecule has 0 amide bonds. The van der Waals surface area contributed by atoms with Gasteiger partial charge in [-0.15, -0.1) is 9.78 Å². The van der Waals surface area contributed by atoms with Gasteiger partial charge in [-0.3, -0.25) is 15.2 Å². The first-order valence-corrected chi connectivity index (χ1v) is 10.6. The zero-order valence-corrected chi connectivity index (χ0v) is 19.1. The third-order valence-corrected chi connectivity index (χ3v) is 5.02. The molecule has 0 radical (unpaired) electrons. The molecule has 0 unspecified atom stereocenters. The largest absolute Gasteiger partial charge is 0.508 e. The molecule has 4 rings (SSSR count). The number of aromatic amines is 1. The molecule has 12 nitrogen and oxygen atoms in total. The number of rotatable bonds is 8. The Labute approximate surface area is 204 Å². The minimum atomic E-state index is -0.790. The number of amidine groups is 1. The van der Waals surface area contributed by atoms with E-state index in [1.54, 1.807) is 24.3 Å². The average Bonchev–Trinajstić information content (AvgIpc) is 3.23. The van der Waals surface area contributed by atoms with Crippen LogP contribution in [-0.4, -0.2) is 41.6 Å². The number of nitrogen functional groups attached to an aromatic ring is 1. The van der Waals surface area contributed by atoms with Crippen LogP contribution in [-0.2, 0) is 4.79 Å². The summed E-state index contributed by atoms with van der Waals surface area (Å²) in [5.74, 6) is -0.523. The quantitative estimate of drug-likeness (QED) is 0.108. The number of phenolic OH excluding ortho intramolecular Hbond substituents is 1. The van der Waals surface area contributed by atoms with E-state index >= 15 is 0 Å². The van der Waals surface area contributed by atoms with Gasteiger partial charge >= 0.3 is 11.7 Å². The minimum Gasteiger partial charge on any atom is -0.508 e. The van der Waals surface area contributed by atoms with Gasteiger partial charge in [-0.1, -0.05) is 12.7 Å². The van der Waals surface area contributed by atoms with Crippen LogP contribution in [0.1, 0.15) is 35.5 Å². The summed E-state index contributed by atoms with van der Waals surface area (Å²) in [5.41, 5.74) is 6.92. The Hall–Kier alpha value is -5.26. The summed E-state index contributed by atoms with van der Waals surface area (Å²) in [6.45, 7) is 4.98. The molecule has 6 N–H and O–H groups in total. The second kappa shape index (κ2) is 9.93. The van der Waals surface area contributed by atoms with E-state index in [1.807, 2.05) is 0 Å². The third-order valence-electron chi connectivity index (χ3n) is 5.02. The van der Waals surface area contributed by atoms with Gasteiger partial charge in [-0.2, -0.15) is 0 Å². The van der Waals surface area contributed by atoms with E-state index in [0.29, 0.717) is 16.8 Å². The summed E-state index contributed by atoms with van der Waals surface area (Å²) >= 11 is 0. The number of esters is 1. The fraction of sp³-hybridized carbons (Fsp3) is 0.0833. The number of ether oxygens (including phenoxy) is 1. The molecule has 0 bridgehead atoms. The Morgan fingerprint density at radius 1 is 1.28 bits per heavy atom. The van der Waals surface area contributed by atoms with E-state index in [0.717, 1.165) is 4.68 Å². The molecule has 36 heavy (non-hydrogen) atoms. The van der Waals surface area contributed by atoms with Crippen molar-refractivity contribution in [2.24, 2.45) is 5.73 Å². The van der Waals surface area contributed by atoms with Crippen LogP contribution in [0.2, 0.25) is 0 Å². The van der Waals surface area contributed by atoms with Gasteiger partial charge in [-0.05, 0) is 47.5 Å². The van der Waals surface area contributed by atoms with E-state index < -0.39 is 17.7 Å². The molecule has 1 atom stereocenters. The lowest BCUT2D eigenvalue weighted by Crippen LogP contribution is -2.18. The van der Waals surface area contributed by atoms with Crippen LogP contribution in [0.15, 0.2) is 66.2 Å². The van der Waals surface area contributed by atoms with Crippen molar-refractivity contribution in [1.82, 2.24) is 24.7 Å². The number of aromatic nitrogens is 5. The number of aromatic hydroxyl groups is 1. The summed E-state index contributed by atoms with van der Waals surface area (Å²) < 4.78 is 6.25. The van der Waals surface area contributed by atoms with Crippen molar-refractivity contribution in [1.29, 1.82) is 5.41 Å². The number of benzene rings is 2. The van der Waals surface area contributed by atoms with Crippen molar-refractivity contribution in [3.05, 3.63) is 94.4 Å². The van der Waals surface area contributed by atoms with E-state index in [9.17, 15) is 14.7 Å². The van der Waals surface area contributed by atoms with Gasteiger partial charge in [0.15, 0.2) is 5.82 Å². The normalized spacial score (nSPS) is 11.5. The van der Waals surface area contributed by atoms with Crippen LogP contribution in [0, 0.1) is 5.41 Å². The molecule has 182 valence electrons. The van der Waals surface area contributed by atoms with E-state index in [1.165, 1.54) is 43.6 Å². The topological polar surface area (TPSA) is 185 Å². The molecule has 4 aromatic rings. The number of phenols is 1. The number of carbonyl (C=O) groups is 1. The first-order chi connectivity index (χ1) is 17.2. The number of hydrogen-bond donors (Lipinski definition) is 5. The van der Waals surface area contributed by atoms with E-state index in [2.05, 4.69) is 31.9 Å². The highest BCUT2D eigenvalue weighted by atomic mass is 16.5. The molecule has 12 heteroatoms. The van der Waals surface area contributed by atoms with Gasteiger partial charge in [0, 0.05) is 31.1 Å². The molecule has 0 saturated carbocycles. The highest BCUT2D eigenvalue weighted by molar-refractivity contribution is 5.98. The minimum absolute atomic E-state index is 0.0186. The van der Waals surface area contributed by atoms with Crippen LogP contribution in [0.3, 0.4) is 0 Å². The molecule has 0 aliphatic rings. The standard InChI is InChI=1S/C24H22N8O4/c1-3-14-9-15(11-17(34)10-14)20(22-30-24(35)32(31-22)23-27-7-4-8-28-23)29-16-5-6-18(21(25)26)19(12-16)36-13(2)33/h3-12,20,29,34H,1H2,2H3,(H3,25,26)(H,30,31,35)/t20-/m0/s1. The lowest BCUT2D eigenvalue weighted by atomic mass is 10.0. The number of carbonyl (C=O) groups excluding carboxylic acids is 1. The zero-order chi connectivity index (χ0) is 25.8. The van der Waals surface area contributed by atoms with Crippen molar-refractivity contribution in [3.63, 3.8) is 0 Å². The van der Waals surface area contributed by atoms with E-state index in [-0.39, 0.29) is 34.7 Å². The molecule has 0 aliphatic carbocycles. The first kappa shape index (κ1) is 23.9. The molecular formula is C24H22N8O4. The SMILES string of the molecule is C=Cc1cc(O)cc([C@H](Nc2ccc(C(=N)N)c(OC(C)=O)c2)c2nn(-c3ncccn3)c(=O)[nH]2)c1. The number of nitrogens with two attached hydrogens (primary N) is 1. The molecule has 2 aromatic carbocycles. The molecule has 2 heterocycles. The van der Waals surface area contributed by atoms with Crippen LogP contribution in [0.5, 0.6) is 11.5 Å². The molecule has 2 aromatic heterocycles. The Morgan fingerprint density at radius 2 is 2.03 bits per heavy atom. The van der Waals surface area contributed by atoms with Crippen molar-refractivity contribution in [3.8, 4) is 17.4 Å². The lowest BCUT2D eigenvalue weighted by Gasteiger charge is -2.20. The Balaban J connectivity index is 1.83. The smallest absolute Gasteiger partial charge is 0.350 e. The monoisotopic (exact) mass is 486 g/mol. The van der Waals surface area contributed by atoms with E-state index in [4.69, 9.17) is 15.9 Å². The Bertz CT molecular complexity index is 1510. The molecule has 0 spiro atoms. The fourth-order valence-corrected chi connectivity index (χ4v) is 3.50. The second-order valence-electron chi connectivity index (χ2n) is 7.63. The van der Waals surface area contributed by atoms with Crippen LogP contribution in [0.25, 0.3) is 12.0 Å². The summed E-state index contributed by atoms with van der Waals surface area (Å²) in [5, 5.41) is 25.6. The van der Waals surface area contributed by atoms with Crippen LogP contribution >= 0.6 is 0 Å². The number of anilines is 1. The average molecular weight is 486 g/mol. The van der Waals surface area contributed by atoms with Gasteiger partial charge in [0.2, 0.25) is 0 Å². The summed E-state index contributed by atoms with van der Waals surface area (Å²) in [6, 6.07) is 10.3. The summed E-state index contributed by atoms with van der Waals surface area (Å²) in [6.07, 6.45) is 4.54. The molecular weight excluding hydrogens is 464 g/mol. The van der Waals surface area contributed by atoms with Gasteiger partial charge in [0.05, 0.1) is 5.56 Å². The van der Waals surface area contributed by atoms with Gasteiger partial charge in [0.25, 0.3) is 5.95 Å². The summed E-state index contributed by atoms with van der Waals surface area (Å²) in [7, 11) is 0. The second-order valence-corrected chi connectivity index (χ2v) is 7.63. The van der Waals surface area contributed by atoms with Crippen molar-refractivity contribution >= 4 is 23.6 Å². The molecule has 0 saturated heterocycles. The Kier molecular flexibility index (Phi) is 6.59. The van der Waals surface area contributed by atoms with Crippen molar-refractivity contribution in [2.75, 3.05) is 5.32 Å². The lowest BCUT2D eigenvalue weighted by molar-refractivity contribution is -0.131. The number of nitrogens with one attached hydrogen (secondary N) is 3. The maximum atomic E-state index is 12.7. The number of hydrogen-bond acceptors (Lipinski definition) is 9. The van der Waals surface area contributed by atoms with Crippen LogP contribution in [0.4, 0.5) is 5.69 Å². The fourth-order valence-electron chi connectivity index (χ4n) is 3.50. The molecule has 0 fully saturated rings. The van der Waals surface area contributed by atoms with Gasteiger partial charge < -0.3 is 20.9 Å². The maximum absolute atomic E-state index is 12.7. The number of nitrogens with zero attached hydrogens (tertiary/aromatic N) is 4. The summed E-state index contributed by atoms with van der Waals surface area (Å²) in [4.78, 5) is 35.1. The van der Waals surface area contributed by atoms with Gasteiger partial charge in [0.1, 0.15) is 23.4 Å². The Morgan fingerprint density at radius 3 is 2.69 bits per heavy atom. The van der Waals surface area contributed by atoms with Crippen molar-refractivity contribution < 1.29 is 14.6 Å². The highest BCUT2D eigenvalue weighted by Gasteiger charge is 2.23. The number of H-pyrrole nitrogens is 1. The third kappa shape index (κ3) is 5.12. The first-order valence-electron chi connectivity index (χ1n) is 10.6. The highest BCUT2D eigenvalue weighted by Crippen LogP contribution is 2.31. The zero-order valence-electron chi connectivity index (χ0n) is 19.1.